The summed E-state index contributed by atoms with van der Waals surface area (Å²) in [6.45, 7) is 4.16. The Hall–Kier alpha value is -3.00. The lowest BCUT2D eigenvalue weighted by molar-refractivity contribution is 0.0469. The first kappa shape index (κ1) is 17.8. The molecule has 3 aromatic rings. The van der Waals surface area contributed by atoms with E-state index in [1.807, 2.05) is 31.4 Å². The normalized spacial score (nSPS) is 10.7. The van der Waals surface area contributed by atoms with Crippen molar-refractivity contribution in [2.24, 2.45) is 0 Å². The molecule has 26 heavy (non-hydrogen) atoms. The number of nitrogens with zero attached hydrogens (tertiary/aromatic N) is 3. The van der Waals surface area contributed by atoms with E-state index in [1.165, 1.54) is 17.3 Å². The van der Waals surface area contributed by atoms with Gasteiger partial charge in [0.1, 0.15) is 0 Å². The van der Waals surface area contributed by atoms with Crippen LogP contribution >= 0.6 is 11.3 Å². The molecule has 0 aliphatic carbocycles. The highest BCUT2D eigenvalue weighted by atomic mass is 32.1. The minimum atomic E-state index is -0.767. The highest BCUT2D eigenvalue weighted by Crippen LogP contribution is 2.20. The second-order valence-corrected chi connectivity index (χ2v) is 6.77. The number of ketones is 1. The molecule has 0 aliphatic rings. The number of nitrogen functional groups attached to an aromatic ring is 1. The molecule has 0 saturated heterocycles. The van der Waals surface area contributed by atoms with Gasteiger partial charge in [0.25, 0.3) is 0 Å². The van der Waals surface area contributed by atoms with Gasteiger partial charge in [0.15, 0.2) is 18.1 Å². The number of aromatic nitrogens is 3. The fraction of sp³-hybridized carbons (Fsp3) is 0.222. The lowest BCUT2D eigenvalue weighted by Crippen LogP contribution is -2.17. The predicted molar refractivity (Wildman–Crippen MR) is 98.4 cm³/mol. The molecule has 3 aromatic heterocycles. The summed E-state index contributed by atoms with van der Waals surface area (Å²) in [6.07, 6.45) is 2.71. The van der Waals surface area contributed by atoms with Crippen LogP contribution < -0.4 is 5.73 Å². The molecule has 3 heterocycles. The Morgan fingerprint density at radius 3 is 2.73 bits per heavy atom. The third-order valence-corrected chi connectivity index (χ3v) is 4.88. The fourth-order valence-corrected chi connectivity index (χ4v) is 3.36. The third-order valence-electron chi connectivity index (χ3n) is 4.02. The first-order valence-electron chi connectivity index (χ1n) is 7.93. The number of aryl methyl sites for hydroxylation is 1. The van der Waals surface area contributed by atoms with Crippen molar-refractivity contribution in [3.8, 4) is 0 Å². The number of carbonyl (C=O) groups is 2. The predicted octanol–water partition coefficient (Wildman–Crippen LogP) is 2.63. The van der Waals surface area contributed by atoms with Gasteiger partial charge in [-0.1, -0.05) is 6.07 Å². The molecular formula is C18H18N4O3S. The van der Waals surface area contributed by atoms with Crippen LogP contribution in [0, 0.1) is 13.8 Å². The van der Waals surface area contributed by atoms with Crippen molar-refractivity contribution < 1.29 is 14.3 Å². The van der Waals surface area contributed by atoms with Crippen LogP contribution in [-0.4, -0.2) is 32.9 Å². The second-order valence-electron chi connectivity index (χ2n) is 5.74. The molecule has 0 fully saturated rings. The number of anilines is 1. The van der Waals surface area contributed by atoms with Crippen LogP contribution in [0.15, 0.2) is 36.0 Å². The zero-order valence-corrected chi connectivity index (χ0v) is 15.2. The first-order chi connectivity index (χ1) is 12.5. The van der Waals surface area contributed by atoms with Crippen molar-refractivity contribution in [2.75, 3.05) is 12.3 Å². The minimum Gasteiger partial charge on any atom is -0.452 e. The molecule has 0 atom stereocenters. The number of Topliss-reactive ketones (excluding diaryl/α,β-unsaturated/α-hetero) is 1. The second kappa shape index (κ2) is 7.49. The first-order valence-corrected chi connectivity index (χ1v) is 8.81. The Labute approximate surface area is 154 Å². The van der Waals surface area contributed by atoms with E-state index in [0.717, 1.165) is 11.4 Å². The summed E-state index contributed by atoms with van der Waals surface area (Å²) in [5.74, 6) is -1.07. The van der Waals surface area contributed by atoms with Gasteiger partial charge in [-0.05, 0) is 31.4 Å². The molecule has 0 saturated carbocycles. The van der Waals surface area contributed by atoms with Crippen LogP contribution in [0.25, 0.3) is 0 Å². The molecule has 0 bridgehead atoms. The summed E-state index contributed by atoms with van der Waals surface area (Å²) in [7, 11) is 0. The van der Waals surface area contributed by atoms with Crippen molar-refractivity contribution in [3.63, 3.8) is 0 Å². The van der Waals surface area contributed by atoms with E-state index >= 15 is 0 Å². The number of esters is 1. The van der Waals surface area contributed by atoms with Crippen LogP contribution in [0.2, 0.25) is 0 Å². The number of ether oxygens (including phenoxy) is 1. The van der Waals surface area contributed by atoms with Gasteiger partial charge in [-0.25, -0.2) is 14.8 Å². The monoisotopic (exact) mass is 370 g/mol. The number of nitrogens with two attached hydrogens (primary N) is 1. The Kier molecular flexibility index (Phi) is 5.13. The molecular weight excluding hydrogens is 352 g/mol. The van der Waals surface area contributed by atoms with Crippen LogP contribution in [0.1, 0.15) is 37.1 Å². The zero-order chi connectivity index (χ0) is 18.7. The van der Waals surface area contributed by atoms with Gasteiger partial charge < -0.3 is 15.0 Å². The smallest absolute Gasteiger partial charge is 0.361 e. The van der Waals surface area contributed by atoms with Crippen LogP contribution in [0.3, 0.4) is 0 Å². The van der Waals surface area contributed by atoms with E-state index in [9.17, 15) is 9.59 Å². The number of thiophene rings is 1. The van der Waals surface area contributed by atoms with E-state index in [1.54, 1.807) is 11.3 Å². The van der Waals surface area contributed by atoms with Crippen molar-refractivity contribution in [1.29, 1.82) is 0 Å². The van der Waals surface area contributed by atoms with E-state index in [4.69, 9.17) is 10.5 Å². The van der Waals surface area contributed by atoms with E-state index in [2.05, 4.69) is 20.6 Å². The molecule has 0 amide bonds. The summed E-state index contributed by atoms with van der Waals surface area (Å²) < 4.78 is 7.13. The lowest BCUT2D eigenvalue weighted by Gasteiger charge is -2.08. The van der Waals surface area contributed by atoms with Crippen molar-refractivity contribution >= 4 is 28.9 Å². The molecule has 3 rings (SSSR count). The number of hydrogen-bond acceptors (Lipinski definition) is 7. The maximum Gasteiger partial charge on any atom is 0.361 e. The molecule has 134 valence electrons. The number of rotatable bonds is 6. The fourth-order valence-electron chi connectivity index (χ4n) is 2.67. The Morgan fingerprint density at radius 2 is 2.04 bits per heavy atom. The van der Waals surface area contributed by atoms with Crippen LogP contribution in [-0.2, 0) is 11.3 Å². The van der Waals surface area contributed by atoms with Gasteiger partial charge in [0.2, 0.25) is 5.78 Å². The average molecular weight is 370 g/mol. The summed E-state index contributed by atoms with van der Waals surface area (Å²) in [5.41, 5.74) is 7.85. The summed E-state index contributed by atoms with van der Waals surface area (Å²) in [4.78, 5) is 33.3. The van der Waals surface area contributed by atoms with Crippen LogP contribution in [0.5, 0.6) is 0 Å². The van der Waals surface area contributed by atoms with E-state index < -0.39 is 5.97 Å². The Balaban J connectivity index is 1.70. The van der Waals surface area contributed by atoms with Gasteiger partial charge in [-0.3, -0.25) is 4.79 Å². The van der Waals surface area contributed by atoms with Gasteiger partial charge >= 0.3 is 5.97 Å². The van der Waals surface area contributed by atoms with Crippen molar-refractivity contribution in [3.05, 3.63) is 63.5 Å². The summed E-state index contributed by atoms with van der Waals surface area (Å²) in [6, 6.07) is 5.87. The summed E-state index contributed by atoms with van der Waals surface area (Å²) >= 11 is 1.67. The van der Waals surface area contributed by atoms with E-state index in [0.29, 0.717) is 12.1 Å². The third kappa shape index (κ3) is 3.65. The number of hydrogen-bond donors (Lipinski definition) is 1. The molecule has 7 nitrogen and oxygen atoms in total. The lowest BCUT2D eigenvalue weighted by atomic mass is 10.1. The highest BCUT2D eigenvalue weighted by molar-refractivity contribution is 7.09. The quantitative estimate of drug-likeness (QED) is 0.529. The number of carbonyl (C=O) groups excluding carboxylic acids is 2. The maximum absolute atomic E-state index is 12.5. The largest absolute Gasteiger partial charge is 0.452 e. The standard InChI is InChI=1S/C18H18N4O3S/c1-11-8-14(12(2)22(11)9-13-4-3-7-26-13)15(23)10-25-18(24)16-17(19)21-6-5-20-16/h3-8H,9-10H2,1-2H3,(H2,19,21). The molecule has 8 heteroatoms. The molecule has 0 aliphatic heterocycles. The molecule has 2 N–H and O–H groups in total. The van der Waals surface area contributed by atoms with Crippen molar-refractivity contribution in [1.82, 2.24) is 14.5 Å². The Bertz CT molecular complexity index is 948. The van der Waals surface area contributed by atoms with Crippen molar-refractivity contribution in [2.45, 2.75) is 20.4 Å². The van der Waals surface area contributed by atoms with Gasteiger partial charge in [0, 0.05) is 34.2 Å². The van der Waals surface area contributed by atoms with E-state index in [-0.39, 0.29) is 23.9 Å². The molecule has 0 spiro atoms. The molecule has 0 unspecified atom stereocenters. The molecule has 0 radical (unpaired) electrons. The average Bonchev–Trinajstić information content (AvgIpc) is 3.23. The topological polar surface area (TPSA) is 100 Å². The highest BCUT2D eigenvalue weighted by Gasteiger charge is 2.20. The van der Waals surface area contributed by atoms with Gasteiger partial charge in [0.05, 0.1) is 6.54 Å². The van der Waals surface area contributed by atoms with Gasteiger partial charge in [-0.2, -0.15) is 0 Å². The zero-order valence-electron chi connectivity index (χ0n) is 14.4. The Morgan fingerprint density at radius 1 is 1.27 bits per heavy atom. The SMILES string of the molecule is Cc1cc(C(=O)COC(=O)c2nccnc2N)c(C)n1Cc1cccs1. The van der Waals surface area contributed by atoms with Gasteiger partial charge in [-0.15, -0.1) is 11.3 Å². The maximum atomic E-state index is 12.5. The molecule has 0 aromatic carbocycles. The minimum absolute atomic E-state index is 0.0286. The summed E-state index contributed by atoms with van der Waals surface area (Å²) in [5, 5.41) is 2.02. The van der Waals surface area contributed by atoms with Crippen LogP contribution in [0.4, 0.5) is 5.82 Å².